The summed E-state index contributed by atoms with van der Waals surface area (Å²) in [6, 6.07) is 4.19. The average Bonchev–Trinajstić information content (AvgIpc) is 2.27. The van der Waals surface area contributed by atoms with E-state index < -0.39 is 0 Å². The van der Waals surface area contributed by atoms with Crippen LogP contribution in [0, 0.1) is 12.3 Å². The summed E-state index contributed by atoms with van der Waals surface area (Å²) in [6.45, 7) is 11.8. The monoisotopic (exact) mass is 250 g/mol. The van der Waals surface area contributed by atoms with Crippen LogP contribution in [-0.4, -0.2) is 34.7 Å². The van der Waals surface area contributed by atoms with Crippen LogP contribution in [0.1, 0.15) is 38.4 Å². The minimum atomic E-state index is 0.252. The molecule has 0 unspecified atom stereocenters. The van der Waals surface area contributed by atoms with E-state index in [9.17, 15) is 0 Å². The summed E-state index contributed by atoms with van der Waals surface area (Å²) in [6.07, 6.45) is 2.73. The Morgan fingerprint density at radius 3 is 2.50 bits per heavy atom. The highest BCUT2D eigenvalue weighted by Gasteiger charge is 2.16. The van der Waals surface area contributed by atoms with Crippen LogP contribution in [-0.2, 0) is 6.54 Å². The molecule has 0 aliphatic heterocycles. The molecule has 1 aromatic heterocycles. The summed E-state index contributed by atoms with van der Waals surface area (Å²) >= 11 is 0. The molecule has 0 radical (unpaired) electrons. The van der Waals surface area contributed by atoms with Gasteiger partial charge in [-0.2, -0.15) is 0 Å². The minimum Gasteiger partial charge on any atom is -0.396 e. The van der Waals surface area contributed by atoms with Crippen molar-refractivity contribution in [3.05, 3.63) is 29.6 Å². The maximum atomic E-state index is 8.97. The largest absolute Gasteiger partial charge is 0.396 e. The second-order valence-electron chi connectivity index (χ2n) is 6.18. The predicted molar refractivity (Wildman–Crippen MR) is 75.4 cm³/mol. The molecule has 0 atom stereocenters. The molecule has 3 heteroatoms. The Labute approximate surface area is 111 Å². The maximum Gasteiger partial charge on any atom is 0.0544 e. The number of rotatable bonds is 6. The fraction of sp³-hybridized carbons (Fsp3) is 0.667. The van der Waals surface area contributed by atoms with Gasteiger partial charge in [0, 0.05) is 32.4 Å². The first-order valence-corrected chi connectivity index (χ1v) is 6.65. The molecule has 0 bridgehead atoms. The van der Waals surface area contributed by atoms with Gasteiger partial charge < -0.3 is 5.11 Å². The standard InChI is InChI=1S/C15H26N2O/c1-13-6-7-14(16-10-13)11-17(8-5-9-18)12-15(2,3)4/h6-7,10,18H,5,8-9,11-12H2,1-4H3. The molecular formula is C15H26N2O. The number of aliphatic hydroxyl groups excluding tert-OH is 1. The van der Waals surface area contributed by atoms with Crippen LogP contribution in [0.5, 0.6) is 0 Å². The van der Waals surface area contributed by atoms with E-state index in [0.717, 1.165) is 31.7 Å². The minimum absolute atomic E-state index is 0.252. The molecule has 0 saturated heterocycles. The quantitative estimate of drug-likeness (QED) is 0.843. The molecule has 1 aromatic rings. The summed E-state index contributed by atoms with van der Waals surface area (Å²) in [4.78, 5) is 6.82. The Kier molecular flexibility index (Phi) is 5.76. The van der Waals surface area contributed by atoms with Gasteiger partial charge in [0.2, 0.25) is 0 Å². The van der Waals surface area contributed by atoms with Gasteiger partial charge in [0.1, 0.15) is 0 Å². The zero-order valence-corrected chi connectivity index (χ0v) is 12.1. The van der Waals surface area contributed by atoms with Crippen molar-refractivity contribution < 1.29 is 5.11 Å². The van der Waals surface area contributed by atoms with Crippen molar-refractivity contribution in [1.29, 1.82) is 0 Å². The molecule has 0 aliphatic rings. The first-order valence-electron chi connectivity index (χ1n) is 6.65. The number of pyridine rings is 1. The number of nitrogens with zero attached hydrogens (tertiary/aromatic N) is 2. The van der Waals surface area contributed by atoms with E-state index in [1.165, 1.54) is 5.56 Å². The van der Waals surface area contributed by atoms with Crippen LogP contribution in [0.4, 0.5) is 0 Å². The van der Waals surface area contributed by atoms with Crippen LogP contribution in [0.15, 0.2) is 18.3 Å². The predicted octanol–water partition coefficient (Wildman–Crippen LogP) is 2.62. The molecule has 0 spiro atoms. The molecule has 0 fully saturated rings. The van der Waals surface area contributed by atoms with Crippen molar-refractivity contribution in [3.63, 3.8) is 0 Å². The van der Waals surface area contributed by atoms with E-state index in [1.54, 1.807) is 0 Å². The van der Waals surface area contributed by atoms with E-state index in [4.69, 9.17) is 5.11 Å². The molecule has 0 saturated carbocycles. The van der Waals surface area contributed by atoms with E-state index in [0.29, 0.717) is 0 Å². The lowest BCUT2D eigenvalue weighted by molar-refractivity contribution is 0.164. The highest BCUT2D eigenvalue weighted by molar-refractivity contribution is 5.12. The number of aromatic nitrogens is 1. The highest BCUT2D eigenvalue weighted by Crippen LogP contribution is 2.17. The Balaban J connectivity index is 2.62. The Morgan fingerprint density at radius 1 is 1.28 bits per heavy atom. The van der Waals surface area contributed by atoms with E-state index in [1.807, 2.05) is 6.20 Å². The second kappa shape index (κ2) is 6.86. The van der Waals surface area contributed by atoms with Gasteiger partial charge in [0.15, 0.2) is 0 Å². The molecule has 1 N–H and O–H groups in total. The summed E-state index contributed by atoms with van der Waals surface area (Å²) < 4.78 is 0. The third kappa shape index (κ3) is 6.12. The number of hydrogen-bond acceptors (Lipinski definition) is 3. The van der Waals surface area contributed by atoms with E-state index >= 15 is 0 Å². The summed E-state index contributed by atoms with van der Waals surface area (Å²) in [5.41, 5.74) is 2.56. The molecule has 0 aromatic carbocycles. The van der Waals surface area contributed by atoms with Gasteiger partial charge in [-0.15, -0.1) is 0 Å². The number of aryl methyl sites for hydroxylation is 1. The number of aliphatic hydroxyl groups is 1. The summed E-state index contributed by atoms with van der Waals surface area (Å²) in [5.74, 6) is 0. The van der Waals surface area contributed by atoms with Gasteiger partial charge >= 0.3 is 0 Å². The van der Waals surface area contributed by atoms with Crippen molar-refractivity contribution in [3.8, 4) is 0 Å². The Hall–Kier alpha value is -0.930. The lowest BCUT2D eigenvalue weighted by atomic mass is 9.96. The normalized spacial score (nSPS) is 12.1. The van der Waals surface area contributed by atoms with Gasteiger partial charge in [-0.3, -0.25) is 9.88 Å². The molecule has 1 heterocycles. The lowest BCUT2D eigenvalue weighted by Gasteiger charge is -2.29. The van der Waals surface area contributed by atoms with Gasteiger partial charge in [-0.1, -0.05) is 26.8 Å². The summed E-state index contributed by atoms with van der Waals surface area (Å²) in [5, 5.41) is 8.97. The fourth-order valence-electron chi connectivity index (χ4n) is 2.00. The molecule has 0 amide bonds. The van der Waals surface area contributed by atoms with Crippen LogP contribution >= 0.6 is 0 Å². The van der Waals surface area contributed by atoms with Crippen molar-refractivity contribution >= 4 is 0 Å². The van der Waals surface area contributed by atoms with Crippen LogP contribution in [0.25, 0.3) is 0 Å². The van der Waals surface area contributed by atoms with Crippen molar-refractivity contribution in [2.75, 3.05) is 19.7 Å². The maximum absolute atomic E-state index is 8.97. The van der Waals surface area contributed by atoms with Gasteiger partial charge in [-0.05, 0) is 30.4 Å². The van der Waals surface area contributed by atoms with Crippen molar-refractivity contribution in [2.45, 2.75) is 40.7 Å². The third-order valence-electron chi connectivity index (χ3n) is 2.69. The first kappa shape index (κ1) is 15.1. The topological polar surface area (TPSA) is 36.4 Å². The lowest BCUT2D eigenvalue weighted by Crippen LogP contribution is -2.33. The van der Waals surface area contributed by atoms with Crippen molar-refractivity contribution in [1.82, 2.24) is 9.88 Å². The zero-order valence-electron chi connectivity index (χ0n) is 12.1. The van der Waals surface area contributed by atoms with Crippen LogP contribution < -0.4 is 0 Å². The van der Waals surface area contributed by atoms with E-state index in [2.05, 4.69) is 49.7 Å². The smallest absolute Gasteiger partial charge is 0.0544 e. The van der Waals surface area contributed by atoms with Gasteiger partial charge in [-0.25, -0.2) is 0 Å². The molecular weight excluding hydrogens is 224 g/mol. The summed E-state index contributed by atoms with van der Waals surface area (Å²) in [7, 11) is 0. The first-order chi connectivity index (χ1) is 8.40. The van der Waals surface area contributed by atoms with Gasteiger partial charge in [0.25, 0.3) is 0 Å². The Bertz CT molecular complexity index is 341. The van der Waals surface area contributed by atoms with Crippen LogP contribution in [0.3, 0.4) is 0 Å². The van der Waals surface area contributed by atoms with Crippen molar-refractivity contribution in [2.24, 2.45) is 5.41 Å². The SMILES string of the molecule is Cc1ccc(CN(CCCO)CC(C)(C)C)nc1. The third-order valence-corrected chi connectivity index (χ3v) is 2.69. The Morgan fingerprint density at radius 2 is 2.00 bits per heavy atom. The number of hydrogen-bond donors (Lipinski definition) is 1. The molecule has 1 rings (SSSR count). The van der Waals surface area contributed by atoms with Gasteiger partial charge in [0.05, 0.1) is 5.69 Å². The second-order valence-corrected chi connectivity index (χ2v) is 6.18. The van der Waals surface area contributed by atoms with Crippen LogP contribution in [0.2, 0.25) is 0 Å². The average molecular weight is 250 g/mol. The molecule has 0 aliphatic carbocycles. The zero-order chi connectivity index (χ0) is 13.6. The molecule has 18 heavy (non-hydrogen) atoms. The van der Waals surface area contributed by atoms with E-state index in [-0.39, 0.29) is 12.0 Å². The fourth-order valence-corrected chi connectivity index (χ4v) is 2.00. The highest BCUT2D eigenvalue weighted by atomic mass is 16.3. The molecule has 102 valence electrons. The molecule has 3 nitrogen and oxygen atoms in total.